The van der Waals surface area contributed by atoms with E-state index in [0.29, 0.717) is 37.1 Å². The molecular weight excluding hydrogens is 252 g/mol. The van der Waals surface area contributed by atoms with Crippen LogP contribution in [-0.4, -0.2) is 21.5 Å². The number of pyridine rings is 2. The van der Waals surface area contributed by atoms with E-state index in [-0.39, 0.29) is 11.6 Å². The summed E-state index contributed by atoms with van der Waals surface area (Å²) in [7, 11) is 0. The van der Waals surface area contributed by atoms with E-state index in [4.69, 9.17) is 0 Å². The van der Waals surface area contributed by atoms with Crippen molar-refractivity contribution < 1.29 is 9.59 Å². The molecular formula is C16H16N2O2. The van der Waals surface area contributed by atoms with Crippen molar-refractivity contribution in [3.05, 3.63) is 60.2 Å². The molecule has 0 atom stereocenters. The Morgan fingerprint density at radius 1 is 0.750 bits per heavy atom. The molecule has 2 aromatic heterocycles. The van der Waals surface area contributed by atoms with Crippen LogP contribution in [0.4, 0.5) is 0 Å². The number of rotatable bonds is 7. The molecule has 0 spiro atoms. The van der Waals surface area contributed by atoms with Crippen molar-refractivity contribution in [2.45, 2.75) is 25.7 Å². The highest BCUT2D eigenvalue weighted by molar-refractivity contribution is 5.95. The quantitative estimate of drug-likeness (QED) is 0.572. The van der Waals surface area contributed by atoms with Gasteiger partial charge in [-0.15, -0.1) is 0 Å². The zero-order valence-electron chi connectivity index (χ0n) is 11.2. The van der Waals surface area contributed by atoms with Gasteiger partial charge in [0.15, 0.2) is 11.6 Å². The lowest BCUT2D eigenvalue weighted by molar-refractivity contribution is 0.0950. The summed E-state index contributed by atoms with van der Waals surface area (Å²) in [5, 5.41) is 0. The van der Waals surface area contributed by atoms with E-state index in [1.165, 1.54) is 0 Å². The highest BCUT2D eigenvalue weighted by Gasteiger charge is 2.09. The van der Waals surface area contributed by atoms with Crippen LogP contribution in [0.2, 0.25) is 0 Å². The lowest BCUT2D eigenvalue weighted by Crippen LogP contribution is -2.04. The Kier molecular flexibility index (Phi) is 5.12. The molecule has 0 bridgehead atoms. The molecule has 4 nitrogen and oxygen atoms in total. The van der Waals surface area contributed by atoms with Gasteiger partial charge in [0.25, 0.3) is 0 Å². The fourth-order valence-corrected chi connectivity index (χ4v) is 1.88. The summed E-state index contributed by atoms with van der Waals surface area (Å²) >= 11 is 0. The van der Waals surface area contributed by atoms with Crippen LogP contribution in [0.3, 0.4) is 0 Å². The van der Waals surface area contributed by atoms with Crippen LogP contribution in [0, 0.1) is 0 Å². The molecule has 0 aromatic carbocycles. The number of ketones is 2. The van der Waals surface area contributed by atoms with Crippen LogP contribution >= 0.6 is 0 Å². The monoisotopic (exact) mass is 268 g/mol. The van der Waals surface area contributed by atoms with E-state index in [1.54, 1.807) is 48.8 Å². The van der Waals surface area contributed by atoms with Gasteiger partial charge in [-0.25, -0.2) is 0 Å². The zero-order valence-corrected chi connectivity index (χ0v) is 11.2. The zero-order chi connectivity index (χ0) is 14.2. The third-order valence-electron chi connectivity index (χ3n) is 2.96. The standard InChI is InChI=1S/C16H16N2O2/c19-15(13-7-3-5-11-17-13)9-1-2-10-16(20)14-8-4-6-12-18-14/h3-8,11-12H,1-2,9-10H2. The first-order valence-corrected chi connectivity index (χ1v) is 6.66. The van der Waals surface area contributed by atoms with Gasteiger partial charge in [0.05, 0.1) is 0 Å². The smallest absolute Gasteiger partial charge is 0.181 e. The van der Waals surface area contributed by atoms with Crippen molar-refractivity contribution in [1.82, 2.24) is 9.97 Å². The molecule has 0 aliphatic carbocycles. The van der Waals surface area contributed by atoms with E-state index in [9.17, 15) is 9.59 Å². The van der Waals surface area contributed by atoms with Gasteiger partial charge in [0.1, 0.15) is 11.4 Å². The van der Waals surface area contributed by atoms with Crippen LogP contribution in [-0.2, 0) is 0 Å². The van der Waals surface area contributed by atoms with Crippen molar-refractivity contribution in [2.75, 3.05) is 0 Å². The summed E-state index contributed by atoms with van der Waals surface area (Å²) in [6.07, 6.45) is 5.44. The first kappa shape index (κ1) is 14.1. The number of nitrogens with zero attached hydrogens (tertiary/aromatic N) is 2. The second-order valence-corrected chi connectivity index (χ2v) is 4.48. The summed E-state index contributed by atoms with van der Waals surface area (Å²) in [6.45, 7) is 0. The maximum Gasteiger partial charge on any atom is 0.181 e. The summed E-state index contributed by atoms with van der Waals surface area (Å²) in [5.74, 6) is 0.0479. The Labute approximate surface area is 117 Å². The average molecular weight is 268 g/mol. The molecule has 0 unspecified atom stereocenters. The predicted molar refractivity (Wildman–Crippen MR) is 75.6 cm³/mol. The normalized spacial score (nSPS) is 10.2. The maximum absolute atomic E-state index is 11.8. The van der Waals surface area contributed by atoms with Crippen molar-refractivity contribution in [3.8, 4) is 0 Å². The largest absolute Gasteiger partial charge is 0.292 e. The van der Waals surface area contributed by atoms with E-state index in [2.05, 4.69) is 9.97 Å². The third kappa shape index (κ3) is 4.09. The molecule has 0 radical (unpaired) electrons. The molecule has 2 rings (SSSR count). The fraction of sp³-hybridized carbons (Fsp3) is 0.250. The van der Waals surface area contributed by atoms with Gasteiger partial charge >= 0.3 is 0 Å². The summed E-state index contributed by atoms with van der Waals surface area (Å²) < 4.78 is 0. The molecule has 0 amide bonds. The minimum absolute atomic E-state index is 0.0240. The lowest BCUT2D eigenvalue weighted by Gasteiger charge is -2.01. The molecule has 0 aliphatic heterocycles. The third-order valence-corrected chi connectivity index (χ3v) is 2.96. The lowest BCUT2D eigenvalue weighted by atomic mass is 10.1. The van der Waals surface area contributed by atoms with Gasteiger partial charge in [-0.05, 0) is 37.1 Å². The molecule has 0 saturated carbocycles. The number of unbranched alkanes of at least 4 members (excludes halogenated alkanes) is 1. The minimum Gasteiger partial charge on any atom is -0.292 e. The first-order chi connectivity index (χ1) is 9.77. The van der Waals surface area contributed by atoms with Gasteiger partial charge < -0.3 is 0 Å². The SMILES string of the molecule is O=C(CCCCC(=O)c1ccccn1)c1ccccn1. The highest BCUT2D eigenvalue weighted by Crippen LogP contribution is 2.08. The number of carbonyl (C=O) groups excluding carboxylic acids is 2. The number of hydrogen-bond acceptors (Lipinski definition) is 4. The highest BCUT2D eigenvalue weighted by atomic mass is 16.1. The second-order valence-electron chi connectivity index (χ2n) is 4.48. The van der Waals surface area contributed by atoms with E-state index >= 15 is 0 Å². The fourth-order valence-electron chi connectivity index (χ4n) is 1.88. The van der Waals surface area contributed by atoms with Gasteiger partial charge in [0.2, 0.25) is 0 Å². The molecule has 0 saturated heterocycles. The van der Waals surface area contributed by atoms with Gasteiger partial charge in [-0.2, -0.15) is 0 Å². The topological polar surface area (TPSA) is 59.9 Å². The Morgan fingerprint density at radius 2 is 1.20 bits per heavy atom. The number of carbonyl (C=O) groups is 2. The predicted octanol–water partition coefficient (Wildman–Crippen LogP) is 3.10. The molecule has 2 heterocycles. The Balaban J connectivity index is 1.72. The van der Waals surface area contributed by atoms with Crippen LogP contribution in [0.15, 0.2) is 48.8 Å². The average Bonchev–Trinajstić information content (AvgIpc) is 2.53. The summed E-state index contributed by atoms with van der Waals surface area (Å²) in [5.41, 5.74) is 0.979. The van der Waals surface area contributed by atoms with Crippen LogP contribution in [0.5, 0.6) is 0 Å². The molecule has 2 aromatic rings. The maximum atomic E-state index is 11.8. The molecule has 102 valence electrons. The summed E-state index contributed by atoms with van der Waals surface area (Å²) in [4.78, 5) is 31.6. The minimum atomic E-state index is 0.0240. The van der Waals surface area contributed by atoms with E-state index < -0.39 is 0 Å². The van der Waals surface area contributed by atoms with Crippen molar-refractivity contribution in [2.24, 2.45) is 0 Å². The van der Waals surface area contributed by atoms with Crippen molar-refractivity contribution in [1.29, 1.82) is 0 Å². The van der Waals surface area contributed by atoms with Gasteiger partial charge in [-0.3, -0.25) is 19.6 Å². The van der Waals surface area contributed by atoms with Crippen molar-refractivity contribution in [3.63, 3.8) is 0 Å². The molecule has 20 heavy (non-hydrogen) atoms. The van der Waals surface area contributed by atoms with Crippen molar-refractivity contribution >= 4 is 11.6 Å². The number of hydrogen-bond donors (Lipinski definition) is 0. The first-order valence-electron chi connectivity index (χ1n) is 6.66. The van der Waals surface area contributed by atoms with Crippen LogP contribution in [0.25, 0.3) is 0 Å². The Bertz CT molecular complexity index is 514. The second kappa shape index (κ2) is 7.28. The Hall–Kier alpha value is -2.36. The van der Waals surface area contributed by atoms with E-state index in [0.717, 1.165) is 0 Å². The van der Waals surface area contributed by atoms with Gasteiger partial charge in [-0.1, -0.05) is 12.1 Å². The molecule has 0 aliphatic rings. The summed E-state index contributed by atoms with van der Waals surface area (Å²) in [6, 6.07) is 10.6. The van der Waals surface area contributed by atoms with E-state index in [1.807, 2.05) is 0 Å². The van der Waals surface area contributed by atoms with Gasteiger partial charge in [0, 0.05) is 25.2 Å². The molecule has 0 N–H and O–H groups in total. The molecule has 4 heteroatoms. The van der Waals surface area contributed by atoms with Crippen LogP contribution < -0.4 is 0 Å². The number of aromatic nitrogens is 2. The Morgan fingerprint density at radius 3 is 1.55 bits per heavy atom. The number of Topliss-reactive ketones (excluding diaryl/α,β-unsaturated/α-hetero) is 2. The molecule has 0 fully saturated rings. The van der Waals surface area contributed by atoms with Crippen LogP contribution in [0.1, 0.15) is 46.7 Å².